The van der Waals surface area contributed by atoms with Gasteiger partial charge < -0.3 is 0 Å². The molecular formula is C13H15BrClF2N. The normalized spacial score (nSPS) is 20.6. The van der Waals surface area contributed by atoms with Crippen molar-refractivity contribution in [2.75, 3.05) is 19.0 Å². The van der Waals surface area contributed by atoms with Gasteiger partial charge in [0.05, 0.1) is 4.47 Å². The Hall–Kier alpha value is -0.190. The minimum absolute atomic E-state index is 0.149. The fourth-order valence-corrected chi connectivity index (χ4v) is 3.06. The highest BCUT2D eigenvalue weighted by atomic mass is 79.9. The molecule has 1 atom stereocenters. The second kappa shape index (κ2) is 6.31. The number of benzene rings is 1. The average Bonchev–Trinajstić information content (AvgIpc) is 2.78. The van der Waals surface area contributed by atoms with Crippen LogP contribution < -0.4 is 0 Å². The Morgan fingerprint density at radius 3 is 2.89 bits per heavy atom. The molecule has 1 fully saturated rings. The molecule has 1 nitrogen and oxygen atoms in total. The molecule has 1 aromatic carbocycles. The summed E-state index contributed by atoms with van der Waals surface area (Å²) in [7, 11) is 0. The molecule has 2 rings (SSSR count). The van der Waals surface area contributed by atoms with Gasteiger partial charge in [-0.05, 0) is 53.4 Å². The van der Waals surface area contributed by atoms with E-state index < -0.39 is 11.6 Å². The van der Waals surface area contributed by atoms with Crippen molar-refractivity contribution in [3.05, 3.63) is 33.8 Å². The minimum Gasteiger partial charge on any atom is -0.299 e. The zero-order chi connectivity index (χ0) is 13.1. The predicted octanol–water partition coefficient (Wildman–Crippen LogP) is 4.18. The topological polar surface area (TPSA) is 3.24 Å². The largest absolute Gasteiger partial charge is 0.299 e. The number of hydrogen-bond donors (Lipinski definition) is 0. The van der Waals surface area contributed by atoms with Crippen LogP contribution in [0.2, 0.25) is 0 Å². The van der Waals surface area contributed by atoms with E-state index in [0.717, 1.165) is 25.9 Å². The molecule has 0 aliphatic carbocycles. The average molecular weight is 339 g/mol. The summed E-state index contributed by atoms with van der Waals surface area (Å²) in [6.07, 6.45) is 2.03. The second-order valence-electron chi connectivity index (χ2n) is 4.69. The highest BCUT2D eigenvalue weighted by Gasteiger charge is 2.24. The van der Waals surface area contributed by atoms with Crippen molar-refractivity contribution in [2.45, 2.75) is 19.4 Å². The van der Waals surface area contributed by atoms with Gasteiger partial charge in [0.2, 0.25) is 0 Å². The Balaban J connectivity index is 2.04. The Kier molecular flexibility index (Phi) is 4.98. The standard InChI is InChI=1S/C13H15BrClF2N/c14-11-1-2-12(16)10(13(11)17)8-18-6-4-9(7-18)3-5-15/h1-2,9H,3-8H2. The van der Waals surface area contributed by atoms with Crippen LogP contribution in [0.15, 0.2) is 16.6 Å². The number of halogens is 4. The molecule has 0 saturated carbocycles. The molecule has 0 spiro atoms. The molecule has 1 aliphatic heterocycles. The highest BCUT2D eigenvalue weighted by molar-refractivity contribution is 9.10. The van der Waals surface area contributed by atoms with Crippen molar-refractivity contribution in [3.63, 3.8) is 0 Å². The van der Waals surface area contributed by atoms with Gasteiger partial charge in [-0.25, -0.2) is 8.78 Å². The van der Waals surface area contributed by atoms with Gasteiger partial charge in [0, 0.05) is 24.5 Å². The SMILES string of the molecule is Fc1ccc(Br)c(F)c1CN1CCC(CCCl)C1. The Labute approximate surface area is 119 Å². The van der Waals surface area contributed by atoms with Crippen molar-refractivity contribution in [1.29, 1.82) is 0 Å². The van der Waals surface area contributed by atoms with Gasteiger partial charge in [-0.2, -0.15) is 0 Å². The molecule has 100 valence electrons. The summed E-state index contributed by atoms with van der Waals surface area (Å²) in [4.78, 5) is 2.09. The predicted molar refractivity (Wildman–Crippen MR) is 72.8 cm³/mol. The molecule has 1 aliphatic rings. The van der Waals surface area contributed by atoms with E-state index in [9.17, 15) is 8.78 Å². The van der Waals surface area contributed by atoms with Crippen LogP contribution in [0.5, 0.6) is 0 Å². The first kappa shape index (κ1) is 14.2. The molecule has 1 heterocycles. The molecule has 1 aromatic rings. The lowest BCUT2D eigenvalue weighted by Crippen LogP contribution is -2.21. The second-order valence-corrected chi connectivity index (χ2v) is 5.92. The molecule has 0 bridgehead atoms. The van der Waals surface area contributed by atoms with E-state index in [-0.39, 0.29) is 5.56 Å². The summed E-state index contributed by atoms with van der Waals surface area (Å²) in [5, 5.41) is 0. The zero-order valence-corrected chi connectivity index (χ0v) is 12.3. The summed E-state index contributed by atoms with van der Waals surface area (Å²) in [6, 6.07) is 2.70. The summed E-state index contributed by atoms with van der Waals surface area (Å²) in [6.45, 7) is 2.08. The first-order chi connectivity index (χ1) is 8.61. The van der Waals surface area contributed by atoms with Gasteiger partial charge >= 0.3 is 0 Å². The molecule has 1 unspecified atom stereocenters. The quantitative estimate of drug-likeness (QED) is 0.588. The summed E-state index contributed by atoms with van der Waals surface area (Å²) in [5.41, 5.74) is 0.149. The van der Waals surface area contributed by atoms with Crippen molar-refractivity contribution in [1.82, 2.24) is 4.90 Å². The highest BCUT2D eigenvalue weighted by Crippen LogP contribution is 2.26. The van der Waals surface area contributed by atoms with Gasteiger partial charge in [0.1, 0.15) is 11.6 Å². The number of likely N-dealkylation sites (tertiary alicyclic amines) is 1. The minimum atomic E-state index is -0.490. The molecule has 0 amide bonds. The molecule has 0 aromatic heterocycles. The van der Waals surface area contributed by atoms with E-state index in [4.69, 9.17) is 11.6 Å². The van der Waals surface area contributed by atoms with Crippen molar-refractivity contribution in [3.8, 4) is 0 Å². The summed E-state index contributed by atoms with van der Waals surface area (Å²) >= 11 is 8.80. The lowest BCUT2D eigenvalue weighted by molar-refractivity contribution is 0.304. The monoisotopic (exact) mass is 337 g/mol. The number of rotatable bonds is 4. The van der Waals surface area contributed by atoms with Gasteiger partial charge in [0.15, 0.2) is 0 Å². The molecular weight excluding hydrogens is 324 g/mol. The smallest absolute Gasteiger partial charge is 0.144 e. The van der Waals surface area contributed by atoms with Gasteiger partial charge in [-0.15, -0.1) is 11.6 Å². The summed E-state index contributed by atoms with van der Waals surface area (Å²) in [5.74, 6) is 0.242. The van der Waals surface area contributed by atoms with E-state index in [1.807, 2.05) is 0 Å². The first-order valence-corrected chi connectivity index (χ1v) is 7.35. The van der Waals surface area contributed by atoms with Crippen LogP contribution in [0.4, 0.5) is 8.78 Å². The molecule has 18 heavy (non-hydrogen) atoms. The van der Waals surface area contributed by atoms with Crippen LogP contribution >= 0.6 is 27.5 Å². The van der Waals surface area contributed by atoms with E-state index in [1.54, 1.807) is 0 Å². The lowest BCUT2D eigenvalue weighted by Gasteiger charge is -2.17. The maximum atomic E-state index is 13.8. The zero-order valence-electron chi connectivity index (χ0n) is 9.93. The van der Waals surface area contributed by atoms with Gasteiger partial charge in [-0.1, -0.05) is 0 Å². The molecule has 0 N–H and O–H groups in total. The Morgan fingerprint density at radius 1 is 1.39 bits per heavy atom. The number of hydrogen-bond acceptors (Lipinski definition) is 1. The number of alkyl halides is 1. The van der Waals surface area contributed by atoms with Crippen molar-refractivity contribution >= 4 is 27.5 Å². The Bertz CT molecular complexity index is 428. The van der Waals surface area contributed by atoms with Crippen molar-refractivity contribution in [2.24, 2.45) is 5.92 Å². The van der Waals surface area contributed by atoms with Crippen LogP contribution in [0, 0.1) is 17.6 Å². The van der Waals surface area contributed by atoms with Gasteiger partial charge in [0.25, 0.3) is 0 Å². The number of nitrogens with zero attached hydrogens (tertiary/aromatic N) is 1. The van der Waals surface area contributed by atoms with E-state index in [1.165, 1.54) is 12.1 Å². The maximum Gasteiger partial charge on any atom is 0.144 e. The fourth-order valence-electron chi connectivity index (χ4n) is 2.38. The van der Waals surface area contributed by atoms with E-state index in [2.05, 4.69) is 20.8 Å². The molecule has 5 heteroatoms. The third-order valence-electron chi connectivity index (χ3n) is 3.41. The Morgan fingerprint density at radius 2 is 2.17 bits per heavy atom. The van der Waals surface area contributed by atoms with Gasteiger partial charge in [-0.3, -0.25) is 4.90 Å². The fraction of sp³-hybridized carbons (Fsp3) is 0.538. The van der Waals surface area contributed by atoms with Crippen LogP contribution in [0.1, 0.15) is 18.4 Å². The van der Waals surface area contributed by atoms with E-state index >= 15 is 0 Å². The lowest BCUT2D eigenvalue weighted by atomic mass is 10.1. The third kappa shape index (κ3) is 3.22. The van der Waals surface area contributed by atoms with Crippen LogP contribution in [-0.2, 0) is 6.54 Å². The summed E-state index contributed by atoms with van der Waals surface area (Å²) < 4.78 is 27.8. The van der Waals surface area contributed by atoms with Crippen LogP contribution in [0.3, 0.4) is 0 Å². The first-order valence-electron chi connectivity index (χ1n) is 6.02. The van der Waals surface area contributed by atoms with Crippen LogP contribution in [-0.4, -0.2) is 23.9 Å². The van der Waals surface area contributed by atoms with Crippen LogP contribution in [0.25, 0.3) is 0 Å². The molecule has 1 saturated heterocycles. The third-order valence-corrected chi connectivity index (χ3v) is 4.24. The van der Waals surface area contributed by atoms with E-state index in [0.29, 0.717) is 22.8 Å². The maximum absolute atomic E-state index is 13.8. The van der Waals surface area contributed by atoms with Crippen molar-refractivity contribution < 1.29 is 8.78 Å². The molecule has 0 radical (unpaired) electrons.